The van der Waals surface area contributed by atoms with Crippen molar-refractivity contribution in [2.24, 2.45) is 0 Å². The number of likely N-dealkylation sites (tertiary alicyclic amines) is 1. The maximum atomic E-state index is 13.9. The molecule has 1 spiro atoms. The summed E-state index contributed by atoms with van der Waals surface area (Å²) in [6.45, 7) is 5.45. The number of fused-ring (bicyclic) bond motifs is 2. The van der Waals surface area contributed by atoms with E-state index in [1.54, 1.807) is 28.1 Å². The SMILES string of the molecule is Cc1cc(-c2cc(Cl)ccc2OCCn2c(C)nc3c(c2=O)C[C@H](N2CCC4(CC2)CN(CC(F)(F)F)CCO4)CC3)c2scc(C(=O)O)c2n1. The number of aromatic carboxylic acids is 1. The molecule has 2 saturated heterocycles. The van der Waals surface area contributed by atoms with Gasteiger partial charge in [-0.3, -0.25) is 24.1 Å². The van der Waals surface area contributed by atoms with E-state index in [1.165, 1.54) is 16.2 Å². The maximum Gasteiger partial charge on any atom is 0.401 e. The Morgan fingerprint density at radius 1 is 1.16 bits per heavy atom. The molecule has 0 radical (unpaired) electrons. The highest BCUT2D eigenvalue weighted by molar-refractivity contribution is 7.18. The Morgan fingerprint density at radius 3 is 2.69 bits per heavy atom. The van der Waals surface area contributed by atoms with Crippen LogP contribution in [-0.4, -0.2) is 99.2 Å². The van der Waals surface area contributed by atoms with E-state index in [1.807, 2.05) is 19.9 Å². The first-order valence-electron chi connectivity index (χ1n) is 17.1. The van der Waals surface area contributed by atoms with Crippen LogP contribution < -0.4 is 10.3 Å². The molecule has 7 rings (SSSR count). The summed E-state index contributed by atoms with van der Waals surface area (Å²) in [5, 5.41) is 11.8. The van der Waals surface area contributed by atoms with Gasteiger partial charge >= 0.3 is 12.1 Å². The number of hydrogen-bond donors (Lipinski definition) is 1. The van der Waals surface area contributed by atoms with Gasteiger partial charge in [-0.1, -0.05) is 11.6 Å². The second-order valence-electron chi connectivity index (χ2n) is 13.8. The van der Waals surface area contributed by atoms with Gasteiger partial charge in [0.05, 0.1) is 46.8 Å². The molecule has 3 aromatic heterocycles. The Labute approximate surface area is 301 Å². The van der Waals surface area contributed by atoms with Crippen molar-refractivity contribution in [1.29, 1.82) is 0 Å². The van der Waals surface area contributed by atoms with Crippen LogP contribution in [0.1, 0.15) is 52.4 Å². The minimum absolute atomic E-state index is 0.0831. The maximum absolute atomic E-state index is 13.9. The van der Waals surface area contributed by atoms with Crippen LogP contribution in [0.2, 0.25) is 5.02 Å². The second-order valence-corrected chi connectivity index (χ2v) is 15.1. The van der Waals surface area contributed by atoms with Crippen molar-refractivity contribution in [3.8, 4) is 16.9 Å². The highest BCUT2D eigenvalue weighted by Crippen LogP contribution is 2.40. The molecule has 1 atom stereocenters. The fourth-order valence-corrected chi connectivity index (χ4v) is 9.05. The molecule has 5 heterocycles. The summed E-state index contributed by atoms with van der Waals surface area (Å²) in [6.07, 6.45) is -0.810. The number of carbonyl (C=O) groups is 1. The zero-order chi connectivity index (χ0) is 36.1. The Bertz CT molecular complexity index is 2030. The number of aromatic nitrogens is 3. The smallest absolute Gasteiger partial charge is 0.401 e. The second kappa shape index (κ2) is 14.1. The van der Waals surface area contributed by atoms with E-state index < -0.39 is 24.3 Å². The minimum Gasteiger partial charge on any atom is -0.491 e. The predicted octanol–water partition coefficient (Wildman–Crippen LogP) is 6.15. The molecule has 0 saturated carbocycles. The summed E-state index contributed by atoms with van der Waals surface area (Å²) in [7, 11) is 0. The molecule has 1 aliphatic carbocycles. The summed E-state index contributed by atoms with van der Waals surface area (Å²) in [4.78, 5) is 38.9. The van der Waals surface area contributed by atoms with E-state index in [-0.39, 0.29) is 43.4 Å². The van der Waals surface area contributed by atoms with Crippen molar-refractivity contribution in [3.63, 3.8) is 0 Å². The van der Waals surface area contributed by atoms with E-state index in [2.05, 4.69) is 9.88 Å². The van der Waals surface area contributed by atoms with Crippen LogP contribution in [0.25, 0.3) is 21.3 Å². The number of alkyl halides is 3. The Balaban J connectivity index is 1.04. The lowest BCUT2D eigenvalue weighted by Gasteiger charge is -2.49. The number of halogens is 4. The monoisotopic (exact) mass is 745 g/mol. The number of morpholine rings is 1. The molecule has 2 fully saturated rings. The topological polar surface area (TPSA) is 110 Å². The van der Waals surface area contributed by atoms with Crippen LogP contribution >= 0.6 is 22.9 Å². The summed E-state index contributed by atoms with van der Waals surface area (Å²) < 4.78 is 54.0. The first-order valence-corrected chi connectivity index (χ1v) is 18.4. The van der Waals surface area contributed by atoms with Gasteiger partial charge in [0.2, 0.25) is 0 Å². The summed E-state index contributed by atoms with van der Waals surface area (Å²) in [5.41, 5.74) is 3.55. The van der Waals surface area contributed by atoms with E-state index >= 15 is 0 Å². The lowest BCUT2D eigenvalue weighted by molar-refractivity contribution is -0.184. The number of rotatable bonds is 8. The van der Waals surface area contributed by atoms with Gasteiger partial charge in [-0.05, 0) is 70.2 Å². The van der Waals surface area contributed by atoms with Gasteiger partial charge in [-0.15, -0.1) is 11.3 Å². The quantitative estimate of drug-likeness (QED) is 0.227. The molecular weight excluding hydrogens is 707 g/mol. The van der Waals surface area contributed by atoms with Crippen molar-refractivity contribution in [3.05, 3.63) is 73.4 Å². The van der Waals surface area contributed by atoms with Crippen LogP contribution in [0.4, 0.5) is 13.2 Å². The average molecular weight is 746 g/mol. The van der Waals surface area contributed by atoms with Crippen molar-refractivity contribution in [2.75, 3.05) is 45.9 Å². The third kappa shape index (κ3) is 7.52. The number of carboxylic acids is 1. The highest BCUT2D eigenvalue weighted by Gasteiger charge is 2.44. The molecule has 1 aromatic carbocycles. The number of aryl methyl sites for hydroxylation is 3. The molecule has 2 aliphatic heterocycles. The lowest BCUT2D eigenvalue weighted by Crippen LogP contribution is -2.59. The summed E-state index contributed by atoms with van der Waals surface area (Å²) >= 11 is 7.72. The predicted molar refractivity (Wildman–Crippen MR) is 188 cm³/mol. The molecule has 51 heavy (non-hydrogen) atoms. The molecular formula is C36H39ClF3N5O5S. The van der Waals surface area contributed by atoms with Crippen molar-refractivity contribution < 1.29 is 32.5 Å². The lowest BCUT2D eigenvalue weighted by atomic mass is 9.85. The zero-order valence-corrected chi connectivity index (χ0v) is 30.0. The normalized spacial score (nSPS) is 19.8. The highest BCUT2D eigenvalue weighted by atomic mass is 35.5. The standard InChI is InChI=1S/C36H39ClF3N5O5S/c1-21-15-26(32-31(41-21)28(18-51-32)34(47)48)25-16-23(37)3-6-30(25)49-13-12-45-22(2)42-29-5-4-24(17-27(29)33(45)46)44-9-7-35(8-10-44)19-43(11-14-50-35)20-36(38,39)40/h3,6,15-16,18,24H,4-5,7-14,17,19-20H2,1-2H3,(H,47,48)/t24-/m1/s1. The van der Waals surface area contributed by atoms with E-state index in [0.717, 1.165) is 17.7 Å². The van der Waals surface area contributed by atoms with E-state index in [4.69, 9.17) is 26.1 Å². The van der Waals surface area contributed by atoms with Crippen LogP contribution in [0.15, 0.2) is 34.4 Å². The van der Waals surface area contributed by atoms with Crippen LogP contribution in [0.3, 0.4) is 0 Å². The first kappa shape index (κ1) is 35.8. The molecule has 1 N–H and O–H groups in total. The number of piperidine rings is 1. The Kier molecular flexibility index (Phi) is 9.91. The third-order valence-electron chi connectivity index (χ3n) is 10.3. The number of benzene rings is 1. The third-order valence-corrected chi connectivity index (χ3v) is 11.6. The zero-order valence-electron chi connectivity index (χ0n) is 28.4. The molecule has 0 amide bonds. The summed E-state index contributed by atoms with van der Waals surface area (Å²) in [5.74, 6) is 0.108. The van der Waals surface area contributed by atoms with Gasteiger partial charge in [0.15, 0.2) is 0 Å². The van der Waals surface area contributed by atoms with Gasteiger partial charge in [0.25, 0.3) is 5.56 Å². The van der Waals surface area contributed by atoms with Gasteiger partial charge in [0, 0.05) is 65.0 Å². The molecule has 10 nitrogen and oxygen atoms in total. The molecule has 4 aromatic rings. The van der Waals surface area contributed by atoms with Crippen LogP contribution in [0, 0.1) is 13.8 Å². The molecule has 0 bridgehead atoms. The Hall–Kier alpha value is -3.56. The van der Waals surface area contributed by atoms with Crippen molar-refractivity contribution in [1.82, 2.24) is 24.3 Å². The van der Waals surface area contributed by atoms with E-state index in [0.29, 0.717) is 89.0 Å². The minimum atomic E-state index is -4.23. The number of pyridine rings is 1. The number of ether oxygens (including phenoxy) is 2. The number of nitrogens with zero attached hydrogens (tertiary/aromatic N) is 5. The van der Waals surface area contributed by atoms with Crippen LogP contribution in [-0.2, 0) is 24.1 Å². The Morgan fingerprint density at radius 2 is 1.94 bits per heavy atom. The molecule has 272 valence electrons. The summed E-state index contributed by atoms with van der Waals surface area (Å²) in [6, 6.07) is 7.30. The van der Waals surface area contributed by atoms with Gasteiger partial charge in [-0.25, -0.2) is 9.78 Å². The van der Waals surface area contributed by atoms with Gasteiger partial charge in [0.1, 0.15) is 18.2 Å². The number of thiophene rings is 1. The molecule has 0 unspecified atom stereocenters. The van der Waals surface area contributed by atoms with E-state index in [9.17, 15) is 27.9 Å². The van der Waals surface area contributed by atoms with Gasteiger partial charge < -0.3 is 14.6 Å². The fraction of sp³-hybridized carbons (Fsp3) is 0.500. The van der Waals surface area contributed by atoms with Crippen LogP contribution in [0.5, 0.6) is 5.75 Å². The number of carboxylic acid groups (broad SMARTS) is 1. The first-order chi connectivity index (χ1) is 24.3. The average Bonchev–Trinajstić information content (AvgIpc) is 3.50. The fourth-order valence-electron chi connectivity index (χ4n) is 7.87. The largest absolute Gasteiger partial charge is 0.491 e. The number of hydrogen-bond acceptors (Lipinski definition) is 9. The molecule has 3 aliphatic rings. The molecule has 15 heteroatoms. The van der Waals surface area contributed by atoms with Gasteiger partial charge in [-0.2, -0.15) is 13.2 Å². The van der Waals surface area contributed by atoms with Crippen molar-refractivity contribution >= 4 is 39.1 Å². The van der Waals surface area contributed by atoms with Crippen molar-refractivity contribution in [2.45, 2.75) is 70.3 Å².